The van der Waals surface area contributed by atoms with Crippen molar-refractivity contribution in [3.8, 4) is 0 Å². The Morgan fingerprint density at radius 1 is 1.43 bits per heavy atom. The van der Waals surface area contributed by atoms with Gasteiger partial charge in [-0.15, -0.1) is 0 Å². The van der Waals surface area contributed by atoms with Gasteiger partial charge in [0, 0.05) is 17.1 Å². The summed E-state index contributed by atoms with van der Waals surface area (Å²) in [6, 6.07) is 0.458. The summed E-state index contributed by atoms with van der Waals surface area (Å²) in [6.07, 6.45) is 0.726. The predicted octanol–water partition coefficient (Wildman–Crippen LogP) is 1.53. The van der Waals surface area contributed by atoms with Crippen molar-refractivity contribution >= 4 is 25.8 Å². The maximum atomic E-state index is 11.2. The minimum atomic E-state index is -2.79. The van der Waals surface area contributed by atoms with Crippen molar-refractivity contribution in [2.75, 3.05) is 30.4 Å². The highest BCUT2D eigenvalue weighted by atomic mass is 79.9. The molecule has 1 unspecified atom stereocenters. The first-order valence-corrected chi connectivity index (χ1v) is 7.84. The third-order valence-electron chi connectivity index (χ3n) is 2.38. The van der Waals surface area contributed by atoms with Crippen molar-refractivity contribution in [2.45, 2.75) is 26.3 Å². The van der Waals surface area contributed by atoms with E-state index >= 15 is 0 Å². The molecule has 14 heavy (non-hydrogen) atoms. The second-order valence-corrected chi connectivity index (χ2v) is 6.69. The Morgan fingerprint density at radius 3 is 2.43 bits per heavy atom. The summed E-state index contributed by atoms with van der Waals surface area (Å²) in [5, 5.41) is 0.921. The minimum Gasteiger partial charge on any atom is -0.303 e. The summed E-state index contributed by atoms with van der Waals surface area (Å²) in [5.41, 5.74) is 0. The molecule has 1 atom stereocenters. The fourth-order valence-corrected chi connectivity index (χ4v) is 2.37. The molecule has 0 aromatic carbocycles. The lowest BCUT2D eigenvalue weighted by atomic mass is 10.3. The Kier molecular flexibility index (Phi) is 6.99. The quantitative estimate of drug-likeness (QED) is 0.666. The highest BCUT2D eigenvalue weighted by molar-refractivity contribution is 9.09. The normalized spacial score (nSPS) is 14.6. The first kappa shape index (κ1) is 14.4. The Morgan fingerprint density at radius 2 is 2.00 bits per heavy atom. The summed E-state index contributed by atoms with van der Waals surface area (Å²) < 4.78 is 22.4. The predicted molar refractivity (Wildman–Crippen MR) is 64.8 cm³/mol. The van der Waals surface area contributed by atoms with Crippen LogP contribution in [-0.4, -0.2) is 49.8 Å². The zero-order valence-electron chi connectivity index (χ0n) is 9.16. The lowest BCUT2D eigenvalue weighted by Gasteiger charge is -2.22. The second kappa shape index (κ2) is 6.80. The molecule has 5 heteroatoms. The standard InChI is InChI=1S/C9H20BrNO2S/c1-4-14(12,13)7-5-6-11(3)9(2)8-10/h9H,4-8H2,1-3H3. The molecule has 0 aliphatic rings. The summed E-state index contributed by atoms with van der Waals surface area (Å²) >= 11 is 3.40. The minimum absolute atomic E-state index is 0.255. The van der Waals surface area contributed by atoms with Gasteiger partial charge in [-0.2, -0.15) is 0 Å². The molecule has 0 aromatic rings. The van der Waals surface area contributed by atoms with Gasteiger partial charge in [0.05, 0.1) is 5.75 Å². The molecule has 0 amide bonds. The molecule has 0 aromatic heterocycles. The van der Waals surface area contributed by atoms with Gasteiger partial charge < -0.3 is 4.90 Å². The molecule has 0 heterocycles. The van der Waals surface area contributed by atoms with Crippen LogP contribution in [0.25, 0.3) is 0 Å². The van der Waals surface area contributed by atoms with Crippen molar-refractivity contribution in [3.05, 3.63) is 0 Å². The van der Waals surface area contributed by atoms with Crippen molar-refractivity contribution in [3.63, 3.8) is 0 Å². The fourth-order valence-electron chi connectivity index (χ4n) is 1.02. The largest absolute Gasteiger partial charge is 0.303 e. The van der Waals surface area contributed by atoms with Gasteiger partial charge >= 0.3 is 0 Å². The third-order valence-corrected chi connectivity index (χ3v) is 5.11. The van der Waals surface area contributed by atoms with Gasteiger partial charge in [0.25, 0.3) is 0 Å². The summed E-state index contributed by atoms with van der Waals surface area (Å²) in [6.45, 7) is 4.65. The van der Waals surface area contributed by atoms with Crippen molar-refractivity contribution in [1.82, 2.24) is 4.90 Å². The molecule has 0 spiro atoms. The topological polar surface area (TPSA) is 37.4 Å². The number of rotatable bonds is 7. The van der Waals surface area contributed by atoms with E-state index in [1.54, 1.807) is 6.92 Å². The van der Waals surface area contributed by atoms with Crippen LogP contribution in [-0.2, 0) is 9.84 Å². The lowest BCUT2D eigenvalue weighted by Crippen LogP contribution is -2.32. The molecule has 0 aliphatic heterocycles. The van der Waals surface area contributed by atoms with Crippen LogP contribution in [0.15, 0.2) is 0 Å². The average molecular weight is 286 g/mol. The van der Waals surface area contributed by atoms with E-state index in [0.29, 0.717) is 11.8 Å². The fraction of sp³-hybridized carbons (Fsp3) is 1.00. The van der Waals surface area contributed by atoms with Crippen LogP contribution in [0.1, 0.15) is 20.3 Å². The SMILES string of the molecule is CCS(=O)(=O)CCCN(C)C(C)CBr. The van der Waals surface area contributed by atoms with Gasteiger partial charge in [-0.1, -0.05) is 22.9 Å². The maximum Gasteiger partial charge on any atom is 0.150 e. The van der Waals surface area contributed by atoms with Gasteiger partial charge in [0.15, 0.2) is 0 Å². The van der Waals surface area contributed by atoms with Crippen LogP contribution < -0.4 is 0 Å². The number of sulfone groups is 1. The number of nitrogens with zero attached hydrogens (tertiary/aromatic N) is 1. The summed E-state index contributed by atoms with van der Waals surface area (Å²) in [5.74, 6) is 0.563. The first-order valence-electron chi connectivity index (χ1n) is 4.89. The van der Waals surface area contributed by atoms with Gasteiger partial charge in [-0.3, -0.25) is 0 Å². The summed E-state index contributed by atoms with van der Waals surface area (Å²) in [4.78, 5) is 2.17. The van der Waals surface area contributed by atoms with Crippen LogP contribution in [0.4, 0.5) is 0 Å². The second-order valence-electron chi connectivity index (χ2n) is 3.57. The van der Waals surface area contributed by atoms with Gasteiger partial charge in [-0.25, -0.2) is 8.42 Å². The van der Waals surface area contributed by atoms with Gasteiger partial charge in [0.2, 0.25) is 0 Å². The molecule has 0 bridgehead atoms. The average Bonchev–Trinajstić information content (AvgIpc) is 2.16. The molecule has 0 rings (SSSR count). The van der Waals surface area contributed by atoms with Crippen molar-refractivity contribution < 1.29 is 8.42 Å². The van der Waals surface area contributed by atoms with E-state index in [4.69, 9.17) is 0 Å². The number of hydrogen-bond acceptors (Lipinski definition) is 3. The maximum absolute atomic E-state index is 11.2. The highest BCUT2D eigenvalue weighted by Gasteiger charge is 2.10. The Labute approximate surface area is 95.9 Å². The number of hydrogen-bond donors (Lipinski definition) is 0. The molecule has 0 fully saturated rings. The molecule has 0 N–H and O–H groups in total. The number of alkyl halides is 1. The molecular weight excluding hydrogens is 266 g/mol. The Balaban J connectivity index is 3.75. The van der Waals surface area contributed by atoms with Crippen LogP contribution in [0.2, 0.25) is 0 Å². The van der Waals surface area contributed by atoms with Crippen LogP contribution in [0.3, 0.4) is 0 Å². The van der Waals surface area contributed by atoms with E-state index in [9.17, 15) is 8.42 Å². The molecule has 3 nitrogen and oxygen atoms in total. The lowest BCUT2D eigenvalue weighted by molar-refractivity contribution is 0.280. The van der Waals surface area contributed by atoms with E-state index in [1.807, 2.05) is 7.05 Å². The monoisotopic (exact) mass is 285 g/mol. The molecular formula is C9H20BrNO2S. The van der Waals surface area contributed by atoms with E-state index in [2.05, 4.69) is 27.8 Å². The van der Waals surface area contributed by atoms with Crippen LogP contribution in [0, 0.1) is 0 Å². The Hall–Kier alpha value is 0.390. The molecule has 86 valence electrons. The summed E-state index contributed by atoms with van der Waals surface area (Å²) in [7, 11) is -0.768. The number of halogens is 1. The van der Waals surface area contributed by atoms with Crippen LogP contribution in [0.5, 0.6) is 0 Å². The molecule has 0 saturated carbocycles. The molecule has 0 aliphatic carbocycles. The van der Waals surface area contributed by atoms with Crippen molar-refractivity contribution in [1.29, 1.82) is 0 Å². The zero-order valence-corrected chi connectivity index (χ0v) is 11.6. The molecule has 0 saturated heterocycles. The zero-order chi connectivity index (χ0) is 11.2. The third kappa shape index (κ3) is 5.98. The van der Waals surface area contributed by atoms with E-state index in [1.165, 1.54) is 0 Å². The molecule has 0 radical (unpaired) electrons. The van der Waals surface area contributed by atoms with Gasteiger partial charge in [0.1, 0.15) is 9.84 Å². The Bertz CT molecular complexity index is 241. The smallest absolute Gasteiger partial charge is 0.150 e. The highest BCUT2D eigenvalue weighted by Crippen LogP contribution is 2.02. The van der Waals surface area contributed by atoms with E-state index < -0.39 is 9.84 Å². The van der Waals surface area contributed by atoms with Crippen LogP contribution >= 0.6 is 15.9 Å². The van der Waals surface area contributed by atoms with E-state index in [0.717, 1.165) is 18.3 Å². The van der Waals surface area contributed by atoms with E-state index in [-0.39, 0.29) is 5.75 Å². The first-order chi connectivity index (χ1) is 6.43. The van der Waals surface area contributed by atoms with Crippen molar-refractivity contribution in [2.24, 2.45) is 0 Å². The van der Waals surface area contributed by atoms with Gasteiger partial charge in [-0.05, 0) is 26.9 Å².